The third kappa shape index (κ3) is 3.03. The number of nitrogens with zero attached hydrogens (tertiary/aromatic N) is 2. The smallest absolute Gasteiger partial charge is 0.258 e. The summed E-state index contributed by atoms with van der Waals surface area (Å²) >= 11 is 5.55. The number of rotatable bonds is 2. The fourth-order valence-electron chi connectivity index (χ4n) is 1.30. The van der Waals surface area contributed by atoms with E-state index in [1.807, 2.05) is 0 Å². The van der Waals surface area contributed by atoms with Crippen LogP contribution in [-0.4, -0.2) is 16.3 Å². The Morgan fingerprint density at radius 1 is 1.21 bits per heavy atom. The summed E-state index contributed by atoms with van der Waals surface area (Å²) in [5, 5.41) is 9.18. The van der Waals surface area contributed by atoms with E-state index in [1.165, 1.54) is 12.1 Å². The first-order valence-electron chi connectivity index (χ1n) is 5.01. The first kappa shape index (κ1) is 13.4. The van der Waals surface area contributed by atoms with Crippen molar-refractivity contribution in [3.05, 3.63) is 52.6 Å². The molecule has 1 aromatic heterocycles. The number of aliphatic imine (C=N–C) groups is 1. The van der Waals surface area contributed by atoms with Gasteiger partial charge in [-0.1, -0.05) is 11.6 Å². The van der Waals surface area contributed by atoms with Crippen molar-refractivity contribution in [1.29, 1.82) is 0 Å². The van der Waals surface area contributed by atoms with E-state index < -0.39 is 23.5 Å². The second-order valence-corrected chi connectivity index (χ2v) is 3.94. The van der Waals surface area contributed by atoms with Crippen molar-refractivity contribution in [2.75, 3.05) is 0 Å². The van der Waals surface area contributed by atoms with Crippen LogP contribution >= 0.6 is 11.6 Å². The van der Waals surface area contributed by atoms with Crippen molar-refractivity contribution < 1.29 is 18.3 Å². The molecule has 1 N–H and O–H groups in total. The maximum atomic E-state index is 12.9. The Kier molecular flexibility index (Phi) is 3.71. The van der Waals surface area contributed by atoms with Crippen LogP contribution in [-0.2, 0) is 0 Å². The summed E-state index contributed by atoms with van der Waals surface area (Å²) in [6, 6.07) is 4.47. The predicted octanol–water partition coefficient (Wildman–Crippen LogP) is 3.61. The molecule has 0 aliphatic heterocycles. The highest BCUT2D eigenvalue weighted by Gasteiger charge is 2.09. The molecule has 0 bridgehead atoms. The molecule has 0 unspecified atom stereocenters. The Morgan fingerprint density at radius 2 is 1.95 bits per heavy atom. The second kappa shape index (κ2) is 5.27. The fourth-order valence-corrected chi connectivity index (χ4v) is 1.48. The zero-order chi connectivity index (χ0) is 14.0. The van der Waals surface area contributed by atoms with Gasteiger partial charge in [0.25, 0.3) is 5.95 Å². The Hall–Kier alpha value is -2.08. The Labute approximate surface area is 111 Å². The normalized spacial score (nSPS) is 11.2. The highest BCUT2D eigenvalue weighted by Crippen LogP contribution is 2.23. The molecule has 19 heavy (non-hydrogen) atoms. The van der Waals surface area contributed by atoms with E-state index in [0.717, 1.165) is 18.3 Å². The molecule has 3 nitrogen and oxygen atoms in total. The van der Waals surface area contributed by atoms with Crippen LogP contribution in [0.25, 0.3) is 0 Å². The summed E-state index contributed by atoms with van der Waals surface area (Å²) in [7, 11) is 0. The molecule has 1 aromatic carbocycles. The lowest BCUT2D eigenvalue weighted by Gasteiger charge is -2.00. The van der Waals surface area contributed by atoms with Gasteiger partial charge < -0.3 is 5.11 Å². The van der Waals surface area contributed by atoms with Gasteiger partial charge in [-0.05, 0) is 18.2 Å². The second-order valence-electron chi connectivity index (χ2n) is 3.53. The molecule has 98 valence electrons. The number of hydrogen-bond donors (Lipinski definition) is 1. The summed E-state index contributed by atoms with van der Waals surface area (Å²) < 4.78 is 38.7. The maximum Gasteiger partial charge on any atom is 0.258 e. The van der Waals surface area contributed by atoms with Crippen molar-refractivity contribution >= 4 is 23.5 Å². The number of benzene rings is 1. The van der Waals surface area contributed by atoms with E-state index in [9.17, 15) is 18.3 Å². The standard InChI is InChI=1S/C12H6ClF3N2O/c13-8-4-7(1-2-9(8)14)17-5-6-3-10(15)18-12(16)11(6)19/h1-5,19H/b17-5+. The van der Waals surface area contributed by atoms with Gasteiger partial charge in [-0.25, -0.2) is 4.39 Å². The third-order valence-corrected chi connectivity index (χ3v) is 2.49. The van der Waals surface area contributed by atoms with Crippen LogP contribution in [0.5, 0.6) is 5.75 Å². The Morgan fingerprint density at radius 3 is 2.63 bits per heavy atom. The molecule has 0 radical (unpaired) electrons. The monoisotopic (exact) mass is 286 g/mol. The van der Waals surface area contributed by atoms with Gasteiger partial charge in [-0.15, -0.1) is 0 Å². The minimum Gasteiger partial charge on any atom is -0.503 e. The summed E-state index contributed by atoms with van der Waals surface area (Å²) in [5.74, 6) is -3.85. The molecule has 0 aliphatic rings. The van der Waals surface area contributed by atoms with Gasteiger partial charge in [0, 0.05) is 17.8 Å². The largest absolute Gasteiger partial charge is 0.503 e. The molecular formula is C12H6ClF3N2O. The van der Waals surface area contributed by atoms with E-state index in [1.54, 1.807) is 0 Å². The van der Waals surface area contributed by atoms with Gasteiger partial charge in [0.1, 0.15) is 5.82 Å². The van der Waals surface area contributed by atoms with Crippen LogP contribution in [0.15, 0.2) is 29.3 Å². The SMILES string of the molecule is Oc1c(/C=N/c2ccc(F)c(Cl)c2)cc(F)nc1F. The number of halogens is 4. The van der Waals surface area contributed by atoms with Crippen molar-refractivity contribution in [1.82, 2.24) is 4.98 Å². The number of hydrogen-bond acceptors (Lipinski definition) is 3. The molecule has 0 saturated heterocycles. The van der Waals surface area contributed by atoms with Gasteiger partial charge >= 0.3 is 0 Å². The summed E-state index contributed by atoms with van der Waals surface area (Å²) in [6.07, 6.45) is 1.02. The Balaban J connectivity index is 2.35. The zero-order valence-electron chi connectivity index (χ0n) is 9.24. The quantitative estimate of drug-likeness (QED) is 0.677. The van der Waals surface area contributed by atoms with Gasteiger partial charge in [-0.3, -0.25) is 4.99 Å². The summed E-state index contributed by atoms with van der Waals surface area (Å²) in [5.41, 5.74) is 0.0777. The first-order chi connectivity index (χ1) is 8.97. The number of aromatic hydroxyl groups is 1. The third-order valence-electron chi connectivity index (χ3n) is 2.20. The van der Waals surface area contributed by atoms with E-state index >= 15 is 0 Å². The molecule has 0 saturated carbocycles. The van der Waals surface area contributed by atoms with Crippen LogP contribution in [0, 0.1) is 17.7 Å². The van der Waals surface area contributed by atoms with Gasteiger partial charge in [0.15, 0.2) is 5.75 Å². The molecule has 2 aromatic rings. The average molecular weight is 287 g/mol. The van der Waals surface area contributed by atoms with Crippen molar-refractivity contribution in [2.45, 2.75) is 0 Å². The van der Waals surface area contributed by atoms with Crippen LogP contribution in [0.1, 0.15) is 5.56 Å². The van der Waals surface area contributed by atoms with E-state index in [2.05, 4.69) is 9.98 Å². The van der Waals surface area contributed by atoms with E-state index in [0.29, 0.717) is 0 Å². The molecule has 0 spiro atoms. The average Bonchev–Trinajstić information content (AvgIpc) is 2.36. The lowest BCUT2D eigenvalue weighted by atomic mass is 10.2. The van der Waals surface area contributed by atoms with Crippen LogP contribution in [0.4, 0.5) is 18.9 Å². The summed E-state index contributed by atoms with van der Waals surface area (Å²) in [6.45, 7) is 0. The molecular weight excluding hydrogens is 281 g/mol. The minimum absolute atomic E-state index is 0.133. The molecule has 0 atom stereocenters. The minimum atomic E-state index is -1.33. The van der Waals surface area contributed by atoms with Crippen LogP contribution in [0.2, 0.25) is 5.02 Å². The molecule has 0 fully saturated rings. The topological polar surface area (TPSA) is 45.5 Å². The van der Waals surface area contributed by atoms with Crippen molar-refractivity contribution in [3.8, 4) is 5.75 Å². The van der Waals surface area contributed by atoms with E-state index in [-0.39, 0.29) is 16.3 Å². The fraction of sp³-hybridized carbons (Fsp3) is 0. The summed E-state index contributed by atoms with van der Waals surface area (Å²) in [4.78, 5) is 6.62. The van der Waals surface area contributed by atoms with Crippen LogP contribution in [0.3, 0.4) is 0 Å². The maximum absolute atomic E-state index is 12.9. The van der Waals surface area contributed by atoms with E-state index in [4.69, 9.17) is 11.6 Å². The lowest BCUT2D eigenvalue weighted by Crippen LogP contribution is -1.94. The molecule has 7 heteroatoms. The highest BCUT2D eigenvalue weighted by molar-refractivity contribution is 6.31. The lowest BCUT2D eigenvalue weighted by molar-refractivity contribution is 0.405. The molecule has 0 amide bonds. The van der Waals surface area contributed by atoms with Crippen molar-refractivity contribution in [3.63, 3.8) is 0 Å². The Bertz CT molecular complexity index is 662. The predicted molar refractivity (Wildman–Crippen MR) is 64.5 cm³/mol. The first-order valence-corrected chi connectivity index (χ1v) is 5.39. The van der Waals surface area contributed by atoms with Crippen molar-refractivity contribution in [2.24, 2.45) is 4.99 Å². The zero-order valence-corrected chi connectivity index (χ0v) is 10.00. The number of aromatic nitrogens is 1. The van der Waals surface area contributed by atoms with Gasteiger partial charge in [0.05, 0.1) is 10.7 Å². The van der Waals surface area contributed by atoms with Gasteiger partial charge in [0.2, 0.25) is 5.95 Å². The highest BCUT2D eigenvalue weighted by atomic mass is 35.5. The van der Waals surface area contributed by atoms with Gasteiger partial charge in [-0.2, -0.15) is 13.8 Å². The van der Waals surface area contributed by atoms with Crippen LogP contribution < -0.4 is 0 Å². The molecule has 2 rings (SSSR count). The molecule has 1 heterocycles. The number of pyridine rings is 1. The molecule has 0 aliphatic carbocycles.